The highest BCUT2D eigenvalue weighted by atomic mass is 19.3. The number of H-pyrrole nitrogens is 1. The maximum Gasteiger partial charge on any atom is 0.303 e. The molecule has 0 amide bonds. The number of alkyl halides is 3. The number of halogens is 3. The van der Waals surface area contributed by atoms with Gasteiger partial charge >= 0.3 is 5.97 Å². The lowest BCUT2D eigenvalue weighted by molar-refractivity contribution is -0.136. The number of rotatable bonds is 7. The fourth-order valence-corrected chi connectivity index (χ4v) is 3.48. The second kappa shape index (κ2) is 23.3. The Kier molecular flexibility index (Phi) is 21.3. The van der Waals surface area contributed by atoms with Crippen LogP contribution in [0.15, 0.2) is 54.9 Å². The van der Waals surface area contributed by atoms with Crippen LogP contribution in [0.1, 0.15) is 97.0 Å². The topological polar surface area (TPSA) is 90.9 Å². The van der Waals surface area contributed by atoms with Crippen LogP contribution in [-0.4, -0.2) is 45.8 Å². The summed E-state index contributed by atoms with van der Waals surface area (Å²) in [4.78, 5) is 20.7. The van der Waals surface area contributed by atoms with Crippen molar-refractivity contribution in [2.75, 3.05) is 19.8 Å². The van der Waals surface area contributed by atoms with Gasteiger partial charge in [0.05, 0.1) is 11.0 Å². The van der Waals surface area contributed by atoms with Gasteiger partial charge in [0.1, 0.15) is 12.5 Å². The lowest BCUT2D eigenvalue weighted by Gasteiger charge is -2.08. The highest BCUT2D eigenvalue weighted by Gasteiger charge is 2.12. The van der Waals surface area contributed by atoms with E-state index in [1.165, 1.54) is 50.6 Å². The van der Waals surface area contributed by atoms with Gasteiger partial charge in [-0.05, 0) is 61.7 Å². The normalized spacial score (nSPS) is 12.9. The second-order valence-corrected chi connectivity index (χ2v) is 8.33. The molecular formula is C32H47F3N4O2. The molecule has 1 aliphatic rings. The van der Waals surface area contributed by atoms with E-state index in [0.717, 1.165) is 17.6 Å². The van der Waals surface area contributed by atoms with Crippen molar-refractivity contribution >= 4 is 28.1 Å². The first-order valence-corrected chi connectivity index (χ1v) is 14.5. The first kappa shape index (κ1) is 37.5. The number of benzene rings is 1. The van der Waals surface area contributed by atoms with Crippen LogP contribution in [0.5, 0.6) is 0 Å². The number of aromatic nitrogens is 3. The molecule has 1 aliphatic heterocycles. The second-order valence-electron chi connectivity index (χ2n) is 8.33. The molecule has 0 aliphatic carbocycles. The first-order valence-electron chi connectivity index (χ1n) is 14.5. The Balaban J connectivity index is 0.000000880. The Labute approximate surface area is 243 Å². The standard InChI is InChI=1S/C20H18F3N3.C5H11N.C3H6O2.2C2H6/c1-2-13(16-4-3-9-24-12-16)5-6-15(11-21)20-25-17-8-7-14(19(22)23)10-18(17)26-20;1-2-4-6-5-3-1;1-2-3(4)5;2*1-2/h3-10,12,19H,2,11H2,1H3,(H,25,26);6H,1-5H2;2H2,1H3,(H,4,5);2*1-2H3/b13-5+,15-6+;;;;. The summed E-state index contributed by atoms with van der Waals surface area (Å²) in [7, 11) is 0. The molecule has 1 aromatic carbocycles. The minimum Gasteiger partial charge on any atom is -0.481 e. The smallest absolute Gasteiger partial charge is 0.303 e. The van der Waals surface area contributed by atoms with Crippen molar-refractivity contribution in [3.05, 3.63) is 71.8 Å². The zero-order valence-corrected chi connectivity index (χ0v) is 25.3. The number of fused-ring (bicyclic) bond motifs is 1. The van der Waals surface area contributed by atoms with Gasteiger partial charge in [-0.3, -0.25) is 9.78 Å². The molecule has 4 rings (SSSR count). The third-order valence-electron chi connectivity index (χ3n) is 5.61. The number of carboxylic acids is 1. The molecule has 0 radical (unpaired) electrons. The fraction of sp³-hybridized carbons (Fsp3) is 0.469. The minimum absolute atomic E-state index is 0.0942. The summed E-state index contributed by atoms with van der Waals surface area (Å²) in [6, 6.07) is 7.97. The molecule has 0 bridgehead atoms. The third-order valence-corrected chi connectivity index (χ3v) is 5.61. The van der Waals surface area contributed by atoms with E-state index in [0.29, 0.717) is 22.4 Å². The van der Waals surface area contributed by atoms with Gasteiger partial charge in [-0.1, -0.05) is 72.2 Å². The summed E-state index contributed by atoms with van der Waals surface area (Å²) in [6.45, 7) is 13.4. The maximum atomic E-state index is 13.5. The first-order chi connectivity index (χ1) is 19.9. The number of aliphatic carboxylic acids is 1. The van der Waals surface area contributed by atoms with Gasteiger partial charge in [0.15, 0.2) is 0 Å². The Morgan fingerprint density at radius 2 is 1.63 bits per heavy atom. The molecule has 6 nitrogen and oxygen atoms in total. The molecule has 1 saturated heterocycles. The average molecular weight is 577 g/mol. The molecule has 1 fully saturated rings. The van der Waals surface area contributed by atoms with Crippen LogP contribution < -0.4 is 5.32 Å². The summed E-state index contributed by atoms with van der Waals surface area (Å²) in [5, 5.41) is 11.0. The van der Waals surface area contributed by atoms with E-state index in [-0.39, 0.29) is 12.0 Å². The van der Waals surface area contributed by atoms with Crippen molar-refractivity contribution in [1.82, 2.24) is 20.3 Å². The molecule has 41 heavy (non-hydrogen) atoms. The molecule has 9 heteroatoms. The molecule has 0 unspecified atom stereocenters. The van der Waals surface area contributed by atoms with Crippen molar-refractivity contribution in [2.24, 2.45) is 0 Å². The highest BCUT2D eigenvalue weighted by molar-refractivity contribution is 5.80. The van der Waals surface area contributed by atoms with Crippen LogP contribution in [0, 0.1) is 0 Å². The predicted octanol–water partition coefficient (Wildman–Crippen LogP) is 9.04. The number of hydrogen-bond donors (Lipinski definition) is 3. The van der Waals surface area contributed by atoms with Crippen LogP contribution in [0.3, 0.4) is 0 Å². The van der Waals surface area contributed by atoms with E-state index >= 15 is 0 Å². The molecule has 0 saturated carbocycles. The number of allylic oxidation sites excluding steroid dienone is 4. The number of nitrogens with one attached hydrogen (secondary N) is 2. The average Bonchev–Trinajstić information content (AvgIpc) is 3.46. The molecule has 3 N–H and O–H groups in total. The summed E-state index contributed by atoms with van der Waals surface area (Å²) >= 11 is 0. The van der Waals surface area contributed by atoms with Gasteiger partial charge in [-0.2, -0.15) is 0 Å². The van der Waals surface area contributed by atoms with Crippen LogP contribution in [0.4, 0.5) is 13.2 Å². The number of hydrogen-bond acceptors (Lipinski definition) is 4. The van der Waals surface area contributed by atoms with Crippen LogP contribution in [0.2, 0.25) is 0 Å². The molecule has 0 spiro atoms. The minimum atomic E-state index is -2.56. The fourth-order valence-electron chi connectivity index (χ4n) is 3.48. The van der Waals surface area contributed by atoms with Gasteiger partial charge in [0.2, 0.25) is 0 Å². The summed E-state index contributed by atoms with van der Waals surface area (Å²) in [5.41, 5.74) is 3.23. The number of carbonyl (C=O) groups is 1. The Bertz CT molecular complexity index is 1150. The van der Waals surface area contributed by atoms with Crippen LogP contribution >= 0.6 is 0 Å². The molecule has 3 aromatic rings. The highest BCUT2D eigenvalue weighted by Crippen LogP contribution is 2.25. The van der Waals surface area contributed by atoms with E-state index in [1.54, 1.807) is 25.4 Å². The predicted molar refractivity (Wildman–Crippen MR) is 165 cm³/mol. The lowest BCUT2D eigenvalue weighted by Crippen LogP contribution is -2.21. The van der Waals surface area contributed by atoms with Crippen molar-refractivity contribution in [2.45, 2.75) is 80.1 Å². The zero-order chi connectivity index (χ0) is 31.0. The Hall–Kier alpha value is -3.46. The number of pyridine rings is 1. The van der Waals surface area contributed by atoms with E-state index < -0.39 is 19.1 Å². The summed E-state index contributed by atoms with van der Waals surface area (Å²) in [6.07, 6.45) is 9.60. The largest absolute Gasteiger partial charge is 0.481 e. The summed E-state index contributed by atoms with van der Waals surface area (Å²) in [5.74, 6) is -0.406. The third kappa shape index (κ3) is 14.7. The van der Waals surface area contributed by atoms with Crippen molar-refractivity contribution in [3.63, 3.8) is 0 Å². The van der Waals surface area contributed by atoms with Crippen LogP contribution in [0.25, 0.3) is 22.2 Å². The Morgan fingerprint density at radius 1 is 1.00 bits per heavy atom. The molecule has 228 valence electrons. The molecule has 3 heterocycles. The van der Waals surface area contributed by atoms with E-state index in [1.807, 2.05) is 52.8 Å². The van der Waals surface area contributed by atoms with Gasteiger partial charge in [-0.25, -0.2) is 18.2 Å². The van der Waals surface area contributed by atoms with Gasteiger partial charge in [-0.15, -0.1) is 0 Å². The number of piperidine rings is 1. The van der Waals surface area contributed by atoms with Crippen molar-refractivity contribution < 1.29 is 23.1 Å². The van der Waals surface area contributed by atoms with E-state index in [9.17, 15) is 18.0 Å². The Morgan fingerprint density at radius 3 is 2.07 bits per heavy atom. The summed E-state index contributed by atoms with van der Waals surface area (Å²) < 4.78 is 39.2. The van der Waals surface area contributed by atoms with E-state index in [2.05, 4.69) is 20.3 Å². The monoisotopic (exact) mass is 576 g/mol. The van der Waals surface area contributed by atoms with Gasteiger partial charge in [0.25, 0.3) is 6.43 Å². The SMILES string of the molecule is C1CCNCC1.CC.CC.CC/C(=C\C=C(/CF)c1nc2ccc(C(F)F)cc2[nH]1)c1cccnc1.CCC(=O)O. The maximum absolute atomic E-state index is 13.5. The number of aromatic amines is 1. The number of imidazole rings is 1. The molecule has 0 atom stereocenters. The van der Waals surface area contributed by atoms with Crippen molar-refractivity contribution in [1.29, 1.82) is 0 Å². The zero-order valence-electron chi connectivity index (χ0n) is 25.3. The quantitative estimate of drug-likeness (QED) is 0.244. The molecular weight excluding hydrogens is 529 g/mol. The number of carboxylic acid groups (broad SMARTS) is 1. The van der Waals surface area contributed by atoms with Gasteiger partial charge < -0.3 is 15.4 Å². The molecule has 2 aromatic heterocycles. The lowest BCUT2D eigenvalue weighted by atomic mass is 10.0. The van der Waals surface area contributed by atoms with E-state index in [4.69, 9.17) is 5.11 Å². The van der Waals surface area contributed by atoms with Gasteiger partial charge in [0, 0.05) is 30.0 Å². The van der Waals surface area contributed by atoms with Crippen LogP contribution in [-0.2, 0) is 4.79 Å². The van der Waals surface area contributed by atoms with Crippen molar-refractivity contribution in [3.8, 4) is 0 Å². The number of nitrogens with zero attached hydrogens (tertiary/aromatic N) is 2.